The number of benzene rings is 1. The lowest BCUT2D eigenvalue weighted by atomic mass is 9.96. The van der Waals surface area contributed by atoms with Crippen LogP contribution in [0.4, 0.5) is 0 Å². The lowest BCUT2D eigenvalue weighted by Crippen LogP contribution is -2.37. The fourth-order valence-corrected chi connectivity index (χ4v) is 3.19. The minimum absolute atomic E-state index is 0.0373. The van der Waals surface area contributed by atoms with E-state index in [0.717, 1.165) is 12.8 Å². The molecule has 2 aliphatic rings. The Kier molecular flexibility index (Phi) is 4.88. The van der Waals surface area contributed by atoms with E-state index in [9.17, 15) is 20.1 Å². The van der Waals surface area contributed by atoms with Gasteiger partial charge in [-0.25, -0.2) is 4.79 Å². The molecule has 2 aliphatic heterocycles. The molecule has 3 rings (SSSR count). The molecule has 0 unspecified atom stereocenters. The highest BCUT2D eigenvalue weighted by molar-refractivity contribution is 6.02. The van der Waals surface area contributed by atoms with Crippen molar-refractivity contribution in [3.8, 4) is 11.5 Å². The van der Waals surface area contributed by atoms with Crippen LogP contribution in [0.5, 0.6) is 11.5 Å². The van der Waals surface area contributed by atoms with Crippen molar-refractivity contribution >= 4 is 11.7 Å². The van der Waals surface area contributed by atoms with Gasteiger partial charge in [0.05, 0.1) is 28.4 Å². The average molecular weight is 372 g/mol. The van der Waals surface area contributed by atoms with Crippen molar-refractivity contribution in [2.75, 3.05) is 0 Å². The largest absolute Gasteiger partial charge is 0.508 e. The van der Waals surface area contributed by atoms with Gasteiger partial charge in [0, 0.05) is 0 Å². The predicted octanol–water partition coefficient (Wildman–Crippen LogP) is 3.19. The number of esters is 1. The second kappa shape index (κ2) is 6.87. The third kappa shape index (κ3) is 4.23. The van der Waals surface area contributed by atoms with Crippen LogP contribution in [-0.2, 0) is 14.3 Å². The van der Waals surface area contributed by atoms with Crippen LogP contribution < -0.4 is 0 Å². The van der Waals surface area contributed by atoms with E-state index in [1.165, 1.54) is 24.3 Å². The van der Waals surface area contributed by atoms with Crippen molar-refractivity contribution in [1.82, 2.24) is 0 Å². The van der Waals surface area contributed by atoms with Crippen molar-refractivity contribution < 1.29 is 29.6 Å². The number of phenolic OH excluding ortho intramolecular Hbond substituents is 2. The van der Waals surface area contributed by atoms with Crippen LogP contribution in [0.15, 0.2) is 48.1 Å². The maximum Gasteiger partial charge on any atom is 0.343 e. The smallest absolute Gasteiger partial charge is 0.343 e. The summed E-state index contributed by atoms with van der Waals surface area (Å²) in [5.74, 6) is -0.486. The summed E-state index contributed by atoms with van der Waals surface area (Å²) in [6.45, 7) is 5.40. The van der Waals surface area contributed by atoms with Gasteiger partial charge < -0.3 is 24.8 Å². The molecule has 27 heavy (non-hydrogen) atoms. The van der Waals surface area contributed by atoms with Gasteiger partial charge in [0.15, 0.2) is 0 Å². The Morgan fingerprint density at radius 3 is 2.70 bits per heavy atom. The monoisotopic (exact) mass is 372 g/mol. The number of ether oxygens (including phenoxy) is 2. The number of allylic oxidation sites excluding steroid dienone is 2. The van der Waals surface area contributed by atoms with Gasteiger partial charge in [0.25, 0.3) is 0 Å². The van der Waals surface area contributed by atoms with Gasteiger partial charge in [-0.1, -0.05) is 12.2 Å². The lowest BCUT2D eigenvalue weighted by Gasteiger charge is -2.28. The molecular formula is C21H24O6. The minimum Gasteiger partial charge on any atom is -0.508 e. The normalized spacial score (nSPS) is 27.4. The van der Waals surface area contributed by atoms with Gasteiger partial charge in [-0.3, -0.25) is 0 Å². The highest BCUT2D eigenvalue weighted by atomic mass is 16.5. The molecule has 0 saturated carbocycles. The molecule has 1 aromatic rings. The summed E-state index contributed by atoms with van der Waals surface area (Å²) in [5.41, 5.74) is -0.847. The maximum atomic E-state index is 12.1. The van der Waals surface area contributed by atoms with Crippen molar-refractivity contribution in [3.63, 3.8) is 0 Å². The molecule has 0 spiro atoms. The Balaban J connectivity index is 1.76. The second-order valence-corrected chi connectivity index (χ2v) is 7.69. The molecule has 0 aromatic heterocycles. The second-order valence-electron chi connectivity index (χ2n) is 7.69. The van der Waals surface area contributed by atoms with Gasteiger partial charge in [-0.05, 0) is 64.0 Å². The van der Waals surface area contributed by atoms with E-state index in [-0.39, 0.29) is 28.9 Å². The zero-order valence-corrected chi connectivity index (χ0v) is 15.6. The summed E-state index contributed by atoms with van der Waals surface area (Å²) in [7, 11) is 0. The van der Waals surface area contributed by atoms with E-state index in [1.807, 2.05) is 13.0 Å². The summed E-state index contributed by atoms with van der Waals surface area (Å²) in [4.78, 5) is 12.1. The number of aliphatic hydroxyl groups is 1. The fraction of sp³-hybridized carbons (Fsp3) is 0.381. The van der Waals surface area contributed by atoms with Gasteiger partial charge >= 0.3 is 5.97 Å². The SMILES string of the molecule is CC(C)(O)[C@H]1CC[C@](C)(/C=C/C=C2/C=C(c3cc(O)ccc3O)OC2=O)O1. The van der Waals surface area contributed by atoms with Crippen molar-refractivity contribution in [2.24, 2.45) is 0 Å². The van der Waals surface area contributed by atoms with Crippen molar-refractivity contribution in [1.29, 1.82) is 0 Å². The molecule has 1 fully saturated rings. The summed E-state index contributed by atoms with van der Waals surface area (Å²) < 4.78 is 11.2. The fourth-order valence-electron chi connectivity index (χ4n) is 3.19. The molecule has 6 nitrogen and oxygen atoms in total. The van der Waals surface area contributed by atoms with Gasteiger partial charge in [-0.2, -0.15) is 0 Å². The highest BCUT2D eigenvalue weighted by Gasteiger charge is 2.40. The first-order valence-electron chi connectivity index (χ1n) is 8.83. The first-order chi connectivity index (χ1) is 12.6. The first-order valence-corrected chi connectivity index (χ1v) is 8.83. The number of carbonyl (C=O) groups is 1. The number of hydrogen-bond acceptors (Lipinski definition) is 6. The van der Waals surface area contributed by atoms with E-state index < -0.39 is 17.2 Å². The van der Waals surface area contributed by atoms with E-state index >= 15 is 0 Å². The van der Waals surface area contributed by atoms with E-state index in [4.69, 9.17) is 9.47 Å². The molecule has 0 bridgehead atoms. The summed E-state index contributed by atoms with van der Waals surface area (Å²) in [6.07, 6.45) is 7.99. The first kappa shape index (κ1) is 19.2. The summed E-state index contributed by atoms with van der Waals surface area (Å²) in [6, 6.07) is 4.01. The van der Waals surface area contributed by atoms with Gasteiger partial charge in [0.2, 0.25) is 0 Å². The van der Waals surface area contributed by atoms with E-state index in [1.54, 1.807) is 26.0 Å². The van der Waals surface area contributed by atoms with Crippen LogP contribution in [-0.4, -0.2) is 38.6 Å². The molecular weight excluding hydrogens is 348 g/mol. The molecule has 0 radical (unpaired) electrons. The zero-order valence-electron chi connectivity index (χ0n) is 15.6. The average Bonchev–Trinajstić information content (AvgIpc) is 3.14. The van der Waals surface area contributed by atoms with Crippen molar-refractivity contribution in [2.45, 2.75) is 50.9 Å². The predicted molar refractivity (Wildman–Crippen MR) is 99.9 cm³/mol. The third-order valence-electron chi connectivity index (χ3n) is 4.80. The van der Waals surface area contributed by atoms with Crippen LogP contribution in [0.1, 0.15) is 39.2 Å². The molecule has 2 atom stereocenters. The van der Waals surface area contributed by atoms with Gasteiger partial charge in [0.1, 0.15) is 17.3 Å². The standard InChI is InChI=1S/C21H24O6/c1-20(2,25)18-8-10-21(3,27-18)9-4-5-13-11-17(26-19(13)24)15-12-14(22)6-7-16(15)23/h4-7,9,11-12,18,22-23,25H,8,10H2,1-3H3/b9-4+,13-5-/t18-,21+/m1/s1. The maximum absolute atomic E-state index is 12.1. The van der Waals surface area contributed by atoms with Crippen LogP contribution >= 0.6 is 0 Å². The van der Waals surface area contributed by atoms with Crippen LogP contribution in [0.2, 0.25) is 0 Å². The number of carbonyl (C=O) groups excluding carboxylic acids is 1. The number of hydrogen-bond donors (Lipinski definition) is 3. The zero-order chi connectivity index (χ0) is 19.8. The van der Waals surface area contributed by atoms with Crippen LogP contribution in [0, 0.1) is 0 Å². The molecule has 1 aromatic carbocycles. The summed E-state index contributed by atoms with van der Waals surface area (Å²) in [5, 5.41) is 29.6. The molecule has 2 heterocycles. The summed E-state index contributed by atoms with van der Waals surface area (Å²) >= 11 is 0. The van der Waals surface area contributed by atoms with Crippen molar-refractivity contribution in [3.05, 3.63) is 53.6 Å². The third-order valence-corrected chi connectivity index (χ3v) is 4.80. The molecule has 0 amide bonds. The minimum atomic E-state index is -0.903. The Morgan fingerprint density at radius 1 is 1.30 bits per heavy atom. The number of aromatic hydroxyl groups is 2. The van der Waals surface area contributed by atoms with Crippen LogP contribution in [0.3, 0.4) is 0 Å². The molecule has 6 heteroatoms. The van der Waals surface area contributed by atoms with E-state index in [2.05, 4.69) is 0 Å². The topological polar surface area (TPSA) is 96.2 Å². The number of phenols is 2. The number of rotatable bonds is 4. The Hall–Kier alpha value is -2.57. The van der Waals surface area contributed by atoms with Gasteiger partial charge in [-0.15, -0.1) is 0 Å². The van der Waals surface area contributed by atoms with Crippen LogP contribution in [0.25, 0.3) is 5.76 Å². The Labute approximate surface area is 158 Å². The Bertz CT molecular complexity index is 843. The highest BCUT2D eigenvalue weighted by Crippen LogP contribution is 2.37. The lowest BCUT2D eigenvalue weighted by molar-refractivity contribution is -0.130. The quantitative estimate of drug-likeness (QED) is 0.427. The van der Waals surface area contributed by atoms with E-state index in [0.29, 0.717) is 5.57 Å². The molecule has 3 N–H and O–H groups in total. The molecule has 0 aliphatic carbocycles. The molecule has 144 valence electrons. The Morgan fingerprint density at radius 2 is 2.04 bits per heavy atom. The molecule has 1 saturated heterocycles. The number of cyclic esters (lactones) is 1.